The molecule has 0 spiro atoms. The fourth-order valence-corrected chi connectivity index (χ4v) is 2.10. The number of aromatic nitrogens is 2. The fraction of sp³-hybridized carbons (Fsp3) is 0.455. The Bertz CT molecular complexity index is 455. The summed E-state index contributed by atoms with van der Waals surface area (Å²) in [5, 5.41) is 14.8. The molecule has 0 fully saturated rings. The van der Waals surface area contributed by atoms with Crippen LogP contribution in [0.1, 0.15) is 18.9 Å². The van der Waals surface area contributed by atoms with E-state index in [0.717, 1.165) is 4.88 Å². The van der Waals surface area contributed by atoms with Gasteiger partial charge in [-0.2, -0.15) is 4.98 Å². The van der Waals surface area contributed by atoms with E-state index in [0.29, 0.717) is 18.3 Å². The maximum absolute atomic E-state index is 8.88. The Morgan fingerprint density at radius 2 is 2.41 bits per heavy atom. The largest absolute Gasteiger partial charge is 0.395 e. The van der Waals surface area contributed by atoms with Crippen LogP contribution in [0.25, 0.3) is 10.7 Å². The molecule has 0 aliphatic carbocycles. The van der Waals surface area contributed by atoms with Crippen LogP contribution in [0.5, 0.6) is 0 Å². The number of likely N-dealkylation sites (N-methyl/N-ethyl adjacent to an activating group) is 1. The van der Waals surface area contributed by atoms with Gasteiger partial charge in [0, 0.05) is 6.54 Å². The second kappa shape index (κ2) is 5.39. The SMILES string of the molecule is CC(c1nc(-c2cccs2)no1)N(C)CCO. The van der Waals surface area contributed by atoms with Crippen molar-refractivity contribution in [3.05, 3.63) is 23.4 Å². The molecule has 92 valence electrons. The van der Waals surface area contributed by atoms with Gasteiger partial charge in [0.25, 0.3) is 0 Å². The van der Waals surface area contributed by atoms with Crippen LogP contribution >= 0.6 is 11.3 Å². The molecule has 0 radical (unpaired) electrons. The van der Waals surface area contributed by atoms with Crippen LogP contribution < -0.4 is 0 Å². The van der Waals surface area contributed by atoms with Gasteiger partial charge in [0.15, 0.2) is 0 Å². The Labute approximate surface area is 104 Å². The summed E-state index contributed by atoms with van der Waals surface area (Å²) in [6, 6.07) is 3.92. The molecule has 2 aromatic rings. The topological polar surface area (TPSA) is 62.4 Å². The summed E-state index contributed by atoms with van der Waals surface area (Å²) in [7, 11) is 1.91. The van der Waals surface area contributed by atoms with Gasteiger partial charge in [-0.3, -0.25) is 4.90 Å². The smallest absolute Gasteiger partial charge is 0.244 e. The van der Waals surface area contributed by atoms with Crippen LogP contribution in [0.15, 0.2) is 22.0 Å². The third kappa shape index (κ3) is 2.71. The van der Waals surface area contributed by atoms with Gasteiger partial charge >= 0.3 is 0 Å². The summed E-state index contributed by atoms with van der Waals surface area (Å²) in [5.41, 5.74) is 0. The first kappa shape index (κ1) is 12.2. The Morgan fingerprint density at radius 1 is 1.59 bits per heavy atom. The van der Waals surface area contributed by atoms with Crippen LogP contribution in [0.2, 0.25) is 0 Å². The highest BCUT2D eigenvalue weighted by atomic mass is 32.1. The first-order chi connectivity index (χ1) is 8.22. The number of nitrogens with zero attached hydrogens (tertiary/aromatic N) is 3. The number of rotatable bonds is 5. The van der Waals surface area contributed by atoms with E-state index in [2.05, 4.69) is 10.1 Å². The summed E-state index contributed by atoms with van der Waals surface area (Å²) in [6.45, 7) is 2.67. The molecule has 0 bridgehead atoms. The van der Waals surface area contributed by atoms with Gasteiger partial charge in [0.2, 0.25) is 11.7 Å². The molecule has 1 atom stereocenters. The number of aliphatic hydroxyl groups excluding tert-OH is 1. The van der Waals surface area contributed by atoms with E-state index in [1.54, 1.807) is 11.3 Å². The van der Waals surface area contributed by atoms with Gasteiger partial charge in [-0.05, 0) is 25.4 Å². The van der Waals surface area contributed by atoms with E-state index in [1.807, 2.05) is 36.4 Å². The molecule has 2 rings (SSSR count). The molecular formula is C11H15N3O2S. The summed E-state index contributed by atoms with van der Waals surface area (Å²) in [5.74, 6) is 1.20. The van der Waals surface area contributed by atoms with Gasteiger partial charge in [-0.25, -0.2) is 0 Å². The average molecular weight is 253 g/mol. The highest BCUT2D eigenvalue weighted by molar-refractivity contribution is 7.13. The quantitative estimate of drug-likeness (QED) is 0.880. The summed E-state index contributed by atoms with van der Waals surface area (Å²) >= 11 is 1.58. The predicted molar refractivity (Wildman–Crippen MR) is 65.7 cm³/mol. The molecule has 2 heterocycles. The number of hydrogen-bond acceptors (Lipinski definition) is 6. The lowest BCUT2D eigenvalue weighted by atomic mass is 10.3. The lowest BCUT2D eigenvalue weighted by Gasteiger charge is -2.19. The monoisotopic (exact) mass is 253 g/mol. The van der Waals surface area contributed by atoms with Crippen molar-refractivity contribution in [1.82, 2.24) is 15.0 Å². The summed E-state index contributed by atoms with van der Waals surface area (Å²) in [4.78, 5) is 7.33. The predicted octanol–water partition coefficient (Wildman–Crippen LogP) is 1.78. The molecule has 1 unspecified atom stereocenters. The molecular weight excluding hydrogens is 238 g/mol. The third-order valence-corrected chi connectivity index (χ3v) is 3.52. The lowest BCUT2D eigenvalue weighted by Crippen LogP contribution is -2.25. The van der Waals surface area contributed by atoms with Crippen molar-refractivity contribution in [1.29, 1.82) is 0 Å². The van der Waals surface area contributed by atoms with Crippen molar-refractivity contribution in [3.8, 4) is 10.7 Å². The van der Waals surface area contributed by atoms with Gasteiger partial charge in [0.05, 0.1) is 17.5 Å². The van der Waals surface area contributed by atoms with E-state index in [-0.39, 0.29) is 12.6 Å². The summed E-state index contributed by atoms with van der Waals surface area (Å²) < 4.78 is 5.24. The molecule has 0 saturated carbocycles. The van der Waals surface area contributed by atoms with Crippen molar-refractivity contribution >= 4 is 11.3 Å². The first-order valence-corrected chi connectivity index (χ1v) is 6.29. The Balaban J connectivity index is 2.13. The molecule has 2 aromatic heterocycles. The van der Waals surface area contributed by atoms with E-state index >= 15 is 0 Å². The zero-order valence-electron chi connectivity index (χ0n) is 9.83. The van der Waals surface area contributed by atoms with E-state index < -0.39 is 0 Å². The van der Waals surface area contributed by atoms with Crippen LogP contribution in [0, 0.1) is 0 Å². The van der Waals surface area contributed by atoms with Gasteiger partial charge < -0.3 is 9.63 Å². The zero-order valence-corrected chi connectivity index (χ0v) is 10.6. The number of hydrogen-bond donors (Lipinski definition) is 1. The molecule has 0 amide bonds. The highest BCUT2D eigenvalue weighted by Crippen LogP contribution is 2.24. The molecule has 1 N–H and O–H groups in total. The molecule has 6 heteroatoms. The number of aliphatic hydroxyl groups is 1. The highest BCUT2D eigenvalue weighted by Gasteiger charge is 2.19. The van der Waals surface area contributed by atoms with Crippen molar-refractivity contribution in [2.75, 3.05) is 20.2 Å². The van der Waals surface area contributed by atoms with Crippen molar-refractivity contribution < 1.29 is 9.63 Å². The normalized spacial score (nSPS) is 13.2. The van der Waals surface area contributed by atoms with Gasteiger partial charge in [-0.1, -0.05) is 11.2 Å². The molecule has 0 aliphatic rings. The Hall–Kier alpha value is -1.24. The van der Waals surface area contributed by atoms with Crippen LogP contribution in [-0.4, -0.2) is 40.3 Å². The first-order valence-electron chi connectivity index (χ1n) is 5.41. The molecule has 0 aromatic carbocycles. The second-order valence-corrected chi connectivity index (χ2v) is 4.76. The maximum atomic E-state index is 8.88. The minimum absolute atomic E-state index is 0.00311. The van der Waals surface area contributed by atoms with Gasteiger partial charge in [0.1, 0.15) is 0 Å². The fourth-order valence-electron chi connectivity index (χ4n) is 1.45. The van der Waals surface area contributed by atoms with Crippen molar-refractivity contribution in [3.63, 3.8) is 0 Å². The standard InChI is InChI=1S/C11H15N3O2S/c1-8(14(2)5-6-15)11-12-10(13-16-11)9-4-3-7-17-9/h3-4,7-8,15H,5-6H2,1-2H3. The number of thiophene rings is 1. The van der Waals surface area contributed by atoms with Crippen LogP contribution in [0.3, 0.4) is 0 Å². The van der Waals surface area contributed by atoms with Crippen molar-refractivity contribution in [2.45, 2.75) is 13.0 Å². The molecule has 5 nitrogen and oxygen atoms in total. The van der Waals surface area contributed by atoms with E-state index in [9.17, 15) is 0 Å². The third-order valence-electron chi connectivity index (χ3n) is 2.65. The van der Waals surface area contributed by atoms with E-state index in [1.165, 1.54) is 0 Å². The Kier molecular flexibility index (Phi) is 3.88. The maximum Gasteiger partial charge on any atom is 0.244 e. The molecule has 0 aliphatic heterocycles. The van der Waals surface area contributed by atoms with Crippen LogP contribution in [0.4, 0.5) is 0 Å². The van der Waals surface area contributed by atoms with Crippen molar-refractivity contribution in [2.24, 2.45) is 0 Å². The summed E-state index contributed by atoms with van der Waals surface area (Å²) in [6.07, 6.45) is 0. The van der Waals surface area contributed by atoms with Gasteiger partial charge in [-0.15, -0.1) is 11.3 Å². The molecule has 0 saturated heterocycles. The molecule has 17 heavy (non-hydrogen) atoms. The average Bonchev–Trinajstić information content (AvgIpc) is 2.98. The minimum atomic E-state index is 0.00311. The van der Waals surface area contributed by atoms with E-state index in [4.69, 9.17) is 9.63 Å². The second-order valence-electron chi connectivity index (χ2n) is 3.81. The lowest BCUT2D eigenvalue weighted by molar-refractivity contribution is 0.165. The Morgan fingerprint density at radius 3 is 3.06 bits per heavy atom. The minimum Gasteiger partial charge on any atom is -0.395 e. The zero-order chi connectivity index (χ0) is 12.3. The van der Waals surface area contributed by atoms with Crippen LogP contribution in [-0.2, 0) is 0 Å².